The topological polar surface area (TPSA) is 61.4 Å². The fraction of sp³-hybridized carbons (Fsp3) is 0.423. The first kappa shape index (κ1) is 21.6. The van der Waals surface area contributed by atoms with Crippen molar-refractivity contribution < 1.29 is 9.18 Å². The van der Waals surface area contributed by atoms with Gasteiger partial charge >= 0.3 is 0 Å². The monoisotopic (exact) mass is 447 g/mol. The molecule has 2 fully saturated rings. The summed E-state index contributed by atoms with van der Waals surface area (Å²) in [5, 5.41) is 13.7. The van der Waals surface area contributed by atoms with Crippen LogP contribution in [0.25, 0.3) is 10.8 Å². The molecule has 1 saturated carbocycles. The molecule has 1 amide bonds. The third-order valence-corrected chi connectivity index (χ3v) is 6.93. The summed E-state index contributed by atoms with van der Waals surface area (Å²) in [5.41, 5.74) is 1.02. The van der Waals surface area contributed by atoms with E-state index in [9.17, 15) is 9.18 Å². The first-order valence-corrected chi connectivity index (χ1v) is 12.0. The van der Waals surface area contributed by atoms with Crippen LogP contribution in [0.15, 0.2) is 48.5 Å². The zero-order valence-corrected chi connectivity index (χ0v) is 18.8. The van der Waals surface area contributed by atoms with Crippen LogP contribution < -0.4 is 15.1 Å². The molecule has 0 unspecified atom stereocenters. The molecule has 33 heavy (non-hydrogen) atoms. The fourth-order valence-corrected chi connectivity index (χ4v) is 5.07. The van der Waals surface area contributed by atoms with Gasteiger partial charge in [0, 0.05) is 43.5 Å². The number of piperazine rings is 1. The zero-order chi connectivity index (χ0) is 22.6. The fourth-order valence-electron chi connectivity index (χ4n) is 5.07. The van der Waals surface area contributed by atoms with Gasteiger partial charge in [-0.3, -0.25) is 4.79 Å². The Kier molecular flexibility index (Phi) is 6.37. The second-order valence-electron chi connectivity index (χ2n) is 9.06. The van der Waals surface area contributed by atoms with E-state index in [4.69, 9.17) is 0 Å². The van der Waals surface area contributed by atoms with Gasteiger partial charge in [-0.25, -0.2) is 4.39 Å². The molecule has 1 N–H and O–H groups in total. The Labute approximate surface area is 193 Å². The van der Waals surface area contributed by atoms with Crippen LogP contribution >= 0.6 is 0 Å². The van der Waals surface area contributed by atoms with Crippen molar-refractivity contribution in [2.45, 2.75) is 32.1 Å². The number of aromatic nitrogens is 2. The molecule has 3 aromatic rings. The molecule has 0 radical (unpaired) electrons. The van der Waals surface area contributed by atoms with Gasteiger partial charge in [0.05, 0.1) is 5.69 Å². The summed E-state index contributed by atoms with van der Waals surface area (Å²) in [6.45, 7) is 3.51. The number of fused-ring (bicyclic) bond motifs is 1. The minimum Gasteiger partial charge on any atom is -0.366 e. The van der Waals surface area contributed by atoms with Gasteiger partial charge in [-0.05, 0) is 30.9 Å². The highest BCUT2D eigenvalue weighted by atomic mass is 19.1. The molecule has 0 spiro atoms. The predicted octanol–water partition coefficient (Wildman–Crippen LogP) is 4.41. The summed E-state index contributed by atoms with van der Waals surface area (Å²) in [5.74, 6) is 0.995. The quantitative estimate of drug-likeness (QED) is 0.628. The molecule has 0 bridgehead atoms. The van der Waals surface area contributed by atoms with E-state index >= 15 is 0 Å². The van der Waals surface area contributed by atoms with Crippen LogP contribution in [-0.4, -0.2) is 48.8 Å². The lowest BCUT2D eigenvalue weighted by Gasteiger charge is -2.37. The van der Waals surface area contributed by atoms with Crippen LogP contribution in [-0.2, 0) is 0 Å². The van der Waals surface area contributed by atoms with Crippen LogP contribution in [0.4, 0.5) is 15.9 Å². The van der Waals surface area contributed by atoms with Crippen molar-refractivity contribution in [2.75, 3.05) is 42.5 Å². The van der Waals surface area contributed by atoms with Gasteiger partial charge in [-0.2, -0.15) is 0 Å². The third-order valence-electron chi connectivity index (χ3n) is 6.93. The Morgan fingerprint density at radius 3 is 2.30 bits per heavy atom. The minimum atomic E-state index is -0.195. The van der Waals surface area contributed by atoms with Gasteiger partial charge in [-0.15, -0.1) is 10.2 Å². The maximum absolute atomic E-state index is 14.2. The van der Waals surface area contributed by atoms with Gasteiger partial charge in [0.15, 0.2) is 11.5 Å². The zero-order valence-electron chi connectivity index (χ0n) is 18.8. The first-order valence-electron chi connectivity index (χ1n) is 12.0. The van der Waals surface area contributed by atoms with Gasteiger partial charge in [0.1, 0.15) is 5.82 Å². The van der Waals surface area contributed by atoms with E-state index in [0.717, 1.165) is 16.6 Å². The summed E-state index contributed by atoms with van der Waals surface area (Å²) in [6.07, 6.45) is 6.18. The summed E-state index contributed by atoms with van der Waals surface area (Å²) in [7, 11) is 0. The van der Waals surface area contributed by atoms with Crippen molar-refractivity contribution in [3.63, 3.8) is 0 Å². The third kappa shape index (κ3) is 4.63. The first-order chi connectivity index (χ1) is 16.2. The number of para-hydroxylation sites is 1. The maximum atomic E-state index is 14.2. The molecule has 1 aliphatic heterocycles. The molecular formula is C26H30FN5O. The average Bonchev–Trinajstić information content (AvgIpc) is 2.88. The summed E-state index contributed by atoms with van der Waals surface area (Å²) in [6, 6.07) is 14.7. The number of nitrogens with one attached hydrogen (secondary N) is 1. The number of hydrogen-bond donors (Lipinski definition) is 1. The second-order valence-corrected chi connectivity index (χ2v) is 9.06. The Morgan fingerprint density at radius 1 is 0.879 bits per heavy atom. The normalized spacial score (nSPS) is 17.4. The Balaban J connectivity index is 1.32. The number of anilines is 2. The van der Waals surface area contributed by atoms with Crippen LogP contribution in [0.2, 0.25) is 0 Å². The summed E-state index contributed by atoms with van der Waals surface area (Å²) < 4.78 is 14.2. The highest BCUT2D eigenvalue weighted by Gasteiger charge is 2.24. The van der Waals surface area contributed by atoms with Gasteiger partial charge in [-0.1, -0.05) is 55.7 Å². The van der Waals surface area contributed by atoms with Crippen molar-refractivity contribution in [3.05, 3.63) is 60.0 Å². The van der Waals surface area contributed by atoms with Crippen molar-refractivity contribution in [2.24, 2.45) is 5.92 Å². The molecule has 2 heterocycles. The number of benzene rings is 2. The Bertz CT molecular complexity index is 1120. The van der Waals surface area contributed by atoms with Crippen molar-refractivity contribution in [3.8, 4) is 0 Å². The molecule has 1 aliphatic carbocycles. The number of halogens is 1. The molecule has 5 rings (SSSR count). The van der Waals surface area contributed by atoms with Crippen molar-refractivity contribution >= 4 is 28.2 Å². The van der Waals surface area contributed by atoms with E-state index in [0.29, 0.717) is 50.0 Å². The summed E-state index contributed by atoms with van der Waals surface area (Å²) >= 11 is 0. The van der Waals surface area contributed by atoms with Crippen LogP contribution in [0.1, 0.15) is 42.6 Å². The minimum absolute atomic E-state index is 0.153. The molecule has 172 valence electrons. The number of rotatable bonds is 5. The van der Waals surface area contributed by atoms with E-state index in [-0.39, 0.29) is 11.7 Å². The van der Waals surface area contributed by atoms with Gasteiger partial charge in [0.25, 0.3) is 5.91 Å². The van der Waals surface area contributed by atoms with E-state index in [1.165, 1.54) is 38.2 Å². The van der Waals surface area contributed by atoms with E-state index < -0.39 is 0 Å². The standard InChI is InChI=1S/C26H30FN5O/c27-22-12-6-7-13-23(22)31-14-16-32(17-15-31)25-21-11-5-4-10-20(21)24(29-30-25)26(33)28-18-19-8-2-1-3-9-19/h4-7,10-13,19H,1-3,8-9,14-18H2,(H,28,33). The van der Waals surface area contributed by atoms with E-state index in [2.05, 4.69) is 25.3 Å². The Morgan fingerprint density at radius 2 is 1.55 bits per heavy atom. The highest BCUT2D eigenvalue weighted by molar-refractivity contribution is 6.07. The van der Waals surface area contributed by atoms with Crippen molar-refractivity contribution in [1.82, 2.24) is 15.5 Å². The summed E-state index contributed by atoms with van der Waals surface area (Å²) in [4.78, 5) is 17.2. The molecular weight excluding hydrogens is 417 g/mol. The second kappa shape index (κ2) is 9.73. The molecule has 7 heteroatoms. The average molecular weight is 448 g/mol. The molecule has 1 aromatic heterocycles. The smallest absolute Gasteiger partial charge is 0.272 e. The predicted molar refractivity (Wildman–Crippen MR) is 129 cm³/mol. The molecule has 2 aliphatic rings. The molecule has 6 nitrogen and oxygen atoms in total. The van der Waals surface area contributed by atoms with Gasteiger partial charge in [0.2, 0.25) is 0 Å². The van der Waals surface area contributed by atoms with E-state index in [1.54, 1.807) is 6.07 Å². The molecule has 0 atom stereocenters. The lowest BCUT2D eigenvalue weighted by molar-refractivity contribution is 0.0939. The molecule has 1 saturated heterocycles. The molecule has 2 aromatic carbocycles. The largest absolute Gasteiger partial charge is 0.366 e. The lowest BCUT2D eigenvalue weighted by Crippen LogP contribution is -2.47. The lowest BCUT2D eigenvalue weighted by atomic mass is 9.89. The van der Waals surface area contributed by atoms with Crippen molar-refractivity contribution in [1.29, 1.82) is 0 Å². The van der Waals surface area contributed by atoms with Crippen LogP contribution in [0.5, 0.6) is 0 Å². The number of carbonyl (C=O) groups excluding carboxylic acids is 1. The maximum Gasteiger partial charge on any atom is 0.272 e. The van der Waals surface area contributed by atoms with Crippen LogP contribution in [0.3, 0.4) is 0 Å². The number of carbonyl (C=O) groups is 1. The number of hydrogen-bond acceptors (Lipinski definition) is 5. The number of nitrogens with zero attached hydrogens (tertiary/aromatic N) is 4. The van der Waals surface area contributed by atoms with Gasteiger partial charge < -0.3 is 15.1 Å². The Hall–Kier alpha value is -3.22. The van der Waals surface area contributed by atoms with Crippen LogP contribution in [0, 0.1) is 11.7 Å². The SMILES string of the molecule is O=C(NCC1CCCCC1)c1nnc(N2CCN(c3ccccc3F)CC2)c2ccccc12. The highest BCUT2D eigenvalue weighted by Crippen LogP contribution is 2.28. The number of amides is 1. The van der Waals surface area contributed by atoms with E-state index in [1.807, 2.05) is 36.4 Å².